The first kappa shape index (κ1) is 57.0. The van der Waals surface area contributed by atoms with Gasteiger partial charge in [0.1, 0.15) is 54.1 Å². The Morgan fingerprint density at radius 2 is 0.970 bits per heavy atom. The molecule has 0 bridgehead atoms. The Hall–Kier alpha value is -7.01. The lowest BCUT2D eigenvalue weighted by atomic mass is 10.0. The van der Waals surface area contributed by atoms with Crippen LogP contribution in [0, 0.1) is 5.92 Å². The number of carbonyl (C=O) groups excluding carboxylic acids is 10. The Morgan fingerprint density at radius 1 is 0.545 bits per heavy atom. The van der Waals surface area contributed by atoms with Gasteiger partial charge in [-0.15, -0.1) is 0 Å². The number of nitrogens with one attached hydrogen (secondary N) is 8. The van der Waals surface area contributed by atoms with Crippen LogP contribution in [-0.4, -0.2) is 176 Å². The van der Waals surface area contributed by atoms with Crippen LogP contribution in [-0.2, 0) is 59.2 Å². The molecule has 1 aromatic carbocycles. The van der Waals surface area contributed by atoms with E-state index >= 15 is 0 Å². The number of benzene rings is 1. The minimum absolute atomic E-state index is 0.105. The number of carbonyl (C=O) groups is 11. The molecule has 20 N–H and O–H groups in total. The molecule has 0 spiro atoms. The van der Waals surface area contributed by atoms with Gasteiger partial charge in [-0.05, 0) is 37.5 Å². The molecule has 0 saturated heterocycles. The summed E-state index contributed by atoms with van der Waals surface area (Å²) in [5.74, 6) is -13.9. The highest BCUT2D eigenvalue weighted by atomic mass is 16.4. The van der Waals surface area contributed by atoms with Crippen LogP contribution >= 0.6 is 0 Å². The number of amides is 10. The van der Waals surface area contributed by atoms with Crippen molar-refractivity contribution < 1.29 is 83.4 Å². The van der Waals surface area contributed by atoms with E-state index in [4.69, 9.17) is 22.3 Å². The van der Waals surface area contributed by atoms with Crippen molar-refractivity contribution in [2.24, 2.45) is 23.1 Å². The van der Waals surface area contributed by atoms with Crippen molar-refractivity contribution in [1.82, 2.24) is 42.5 Å². The molecular formula is C38H59N11O17. The normalized spacial score (nSPS) is 15.5. The van der Waals surface area contributed by atoms with Crippen molar-refractivity contribution in [2.75, 3.05) is 19.8 Å². The highest BCUT2D eigenvalue weighted by Crippen LogP contribution is 2.12. The van der Waals surface area contributed by atoms with Crippen molar-refractivity contribution in [3.8, 4) is 5.75 Å². The van der Waals surface area contributed by atoms with E-state index in [1.165, 1.54) is 38.1 Å². The van der Waals surface area contributed by atoms with E-state index < -0.39 is 164 Å². The Labute approximate surface area is 376 Å². The van der Waals surface area contributed by atoms with Crippen molar-refractivity contribution >= 4 is 65.0 Å². The number of rotatable bonds is 28. The second-order valence-electron chi connectivity index (χ2n) is 15.2. The number of hydrogen-bond donors (Lipinski definition) is 17. The van der Waals surface area contributed by atoms with Gasteiger partial charge < -0.3 is 90.4 Å². The number of hydrogen-bond acceptors (Lipinski definition) is 17. The third-order valence-corrected chi connectivity index (χ3v) is 9.23. The zero-order valence-electron chi connectivity index (χ0n) is 36.3. The fraction of sp³-hybridized carbons (Fsp3) is 0.553. The molecule has 0 heterocycles. The maximum atomic E-state index is 13.3. The number of carboxylic acids is 1. The molecule has 10 atom stereocenters. The van der Waals surface area contributed by atoms with Crippen LogP contribution < -0.4 is 59.7 Å². The number of aliphatic hydroxyl groups excluding tert-OH is 4. The van der Waals surface area contributed by atoms with E-state index in [2.05, 4.69) is 42.5 Å². The molecule has 0 aromatic heterocycles. The number of phenolic OH excluding ortho intramolecular Hbond substituents is 1. The minimum Gasteiger partial charge on any atom is -0.508 e. The van der Waals surface area contributed by atoms with E-state index in [1.807, 2.05) is 0 Å². The van der Waals surface area contributed by atoms with E-state index in [1.54, 1.807) is 0 Å². The predicted octanol–water partition coefficient (Wildman–Crippen LogP) is -8.99. The molecule has 368 valence electrons. The van der Waals surface area contributed by atoms with E-state index in [9.17, 15) is 78.3 Å². The second kappa shape index (κ2) is 27.3. The van der Waals surface area contributed by atoms with E-state index in [0.29, 0.717) is 5.56 Å². The third-order valence-electron chi connectivity index (χ3n) is 9.23. The van der Waals surface area contributed by atoms with E-state index in [-0.39, 0.29) is 12.2 Å². The molecule has 0 aliphatic heterocycles. The summed E-state index contributed by atoms with van der Waals surface area (Å²) in [5, 5.41) is 75.7. The number of phenols is 1. The van der Waals surface area contributed by atoms with Gasteiger partial charge in [0.15, 0.2) is 0 Å². The van der Waals surface area contributed by atoms with Crippen LogP contribution in [0.1, 0.15) is 46.1 Å². The topological polar surface area (TPSA) is 483 Å². The summed E-state index contributed by atoms with van der Waals surface area (Å²) in [7, 11) is 0. The summed E-state index contributed by atoms with van der Waals surface area (Å²) in [6, 6.07) is -8.33. The summed E-state index contributed by atoms with van der Waals surface area (Å²) < 4.78 is 0. The van der Waals surface area contributed by atoms with Crippen LogP contribution in [0.4, 0.5) is 0 Å². The lowest BCUT2D eigenvalue weighted by molar-refractivity contribution is -0.143. The molecular weight excluding hydrogens is 882 g/mol. The summed E-state index contributed by atoms with van der Waals surface area (Å²) in [4.78, 5) is 140. The average molecular weight is 942 g/mol. The molecule has 0 radical (unpaired) electrons. The zero-order valence-corrected chi connectivity index (χ0v) is 36.3. The minimum atomic E-state index is -1.90. The fourth-order valence-electron chi connectivity index (χ4n) is 5.60. The molecule has 0 saturated carbocycles. The Kier molecular flexibility index (Phi) is 23.6. The highest BCUT2D eigenvalue weighted by molar-refractivity contribution is 5.99. The van der Waals surface area contributed by atoms with Crippen LogP contribution in [0.2, 0.25) is 0 Å². The molecule has 0 unspecified atom stereocenters. The monoisotopic (exact) mass is 941 g/mol. The lowest BCUT2D eigenvalue weighted by Gasteiger charge is -2.27. The van der Waals surface area contributed by atoms with Gasteiger partial charge in [0.25, 0.3) is 0 Å². The number of aliphatic carboxylic acids is 1. The van der Waals surface area contributed by atoms with Gasteiger partial charge in [0, 0.05) is 6.42 Å². The van der Waals surface area contributed by atoms with Gasteiger partial charge in [-0.25, -0.2) is 4.79 Å². The molecule has 1 rings (SSSR count). The van der Waals surface area contributed by atoms with Crippen molar-refractivity contribution in [2.45, 2.75) is 108 Å². The number of carboxylic acid groups (broad SMARTS) is 1. The molecule has 1 aromatic rings. The summed E-state index contributed by atoms with van der Waals surface area (Å²) in [5.41, 5.74) is 16.3. The first-order valence-corrected chi connectivity index (χ1v) is 20.0. The first-order chi connectivity index (χ1) is 30.7. The molecule has 10 amide bonds. The Balaban J connectivity index is 3.05. The third kappa shape index (κ3) is 19.4. The van der Waals surface area contributed by atoms with Gasteiger partial charge in [-0.2, -0.15) is 0 Å². The van der Waals surface area contributed by atoms with Crippen LogP contribution in [0.3, 0.4) is 0 Å². The van der Waals surface area contributed by atoms with Crippen molar-refractivity contribution in [3.63, 3.8) is 0 Å². The molecule has 66 heavy (non-hydrogen) atoms. The summed E-state index contributed by atoms with van der Waals surface area (Å²) >= 11 is 0. The van der Waals surface area contributed by atoms with Crippen molar-refractivity contribution in [3.05, 3.63) is 29.8 Å². The molecule has 0 aliphatic carbocycles. The second-order valence-corrected chi connectivity index (χ2v) is 15.2. The fourth-order valence-corrected chi connectivity index (χ4v) is 5.60. The van der Waals surface area contributed by atoms with Gasteiger partial charge in [-0.1, -0.05) is 26.0 Å². The quantitative estimate of drug-likeness (QED) is 0.0371. The number of aliphatic hydroxyl groups is 4. The summed E-state index contributed by atoms with van der Waals surface area (Å²) in [6.45, 7) is 2.24. The van der Waals surface area contributed by atoms with Crippen LogP contribution in [0.15, 0.2) is 24.3 Å². The predicted molar refractivity (Wildman–Crippen MR) is 224 cm³/mol. The molecule has 0 aliphatic rings. The highest BCUT2D eigenvalue weighted by Gasteiger charge is 2.36. The zero-order chi connectivity index (χ0) is 50.6. The van der Waals surface area contributed by atoms with Crippen LogP contribution in [0.25, 0.3) is 0 Å². The first-order valence-electron chi connectivity index (χ1n) is 20.0. The van der Waals surface area contributed by atoms with Gasteiger partial charge in [-0.3, -0.25) is 47.9 Å². The molecule has 0 fully saturated rings. The lowest BCUT2D eigenvalue weighted by Crippen LogP contribution is -2.61. The van der Waals surface area contributed by atoms with Gasteiger partial charge in [0.05, 0.1) is 44.8 Å². The van der Waals surface area contributed by atoms with Crippen LogP contribution in [0.5, 0.6) is 5.75 Å². The summed E-state index contributed by atoms with van der Waals surface area (Å²) in [6.07, 6.45) is -5.30. The Morgan fingerprint density at radius 3 is 1.38 bits per heavy atom. The number of primary amides is 2. The Bertz CT molecular complexity index is 1920. The average Bonchev–Trinajstić information content (AvgIpc) is 3.23. The maximum absolute atomic E-state index is 13.3. The largest absolute Gasteiger partial charge is 0.508 e. The standard InChI is InChI=1S/C38H59N11O17/c1-15(2)28(47-32(59)22(11-26(41)56)45-36(63)29(16(3)52)48-31(58)20(39)13-50)35(62)42-12-27(57)43-24(14-51)34(61)44-21(10-25(40)55)33(60)49-30(17(4)53)37(64)46-23(38(65)66)9-18-5-7-19(54)8-6-18/h5-8,15-17,20-24,28-30,50-54H,9-14,39H2,1-4H3,(H2,40,55)(H2,41,56)(H,42,62)(H,43,57)(H,44,61)(H,45,63)(H,46,64)(H,47,59)(H,48,58)(H,49,60)(H,65,66)/t16-,17-,20+,21+,22+,23+,24+,28+,29+,30+/m1/s1. The smallest absolute Gasteiger partial charge is 0.326 e. The maximum Gasteiger partial charge on any atom is 0.326 e. The number of nitrogens with two attached hydrogens (primary N) is 3. The SMILES string of the molecule is CC(C)[C@H](NC(=O)[C@H](CC(N)=O)NC(=O)[C@@H](NC(=O)[C@@H](N)CO)[C@@H](C)O)C(=O)NCC(=O)N[C@@H](CO)C(=O)N[C@@H](CC(N)=O)C(=O)N[C@H](C(=O)N[C@@H](Cc1ccc(O)cc1)C(=O)O)[C@@H](C)O. The van der Waals surface area contributed by atoms with Gasteiger partial charge >= 0.3 is 5.97 Å². The molecule has 28 heteroatoms. The molecule has 28 nitrogen and oxygen atoms in total. The number of aromatic hydroxyl groups is 1. The van der Waals surface area contributed by atoms with E-state index in [0.717, 1.165) is 13.8 Å². The van der Waals surface area contributed by atoms with Crippen molar-refractivity contribution in [1.29, 1.82) is 0 Å². The van der Waals surface area contributed by atoms with Gasteiger partial charge in [0.2, 0.25) is 59.1 Å².